The molecule has 16 heteroatoms. The summed E-state index contributed by atoms with van der Waals surface area (Å²) >= 11 is 0. The molecule has 312 valence electrons. The molecule has 3 N–H and O–H groups in total. The number of ether oxygens (including phenoxy) is 4. The smallest absolute Gasteiger partial charge is 0.408 e. The van der Waals surface area contributed by atoms with Crippen LogP contribution in [0.4, 0.5) is 4.79 Å². The van der Waals surface area contributed by atoms with Crippen molar-refractivity contribution in [3.63, 3.8) is 0 Å². The number of amides is 4. The summed E-state index contributed by atoms with van der Waals surface area (Å²) in [5.41, 5.74) is -1.51. The Labute approximate surface area is 338 Å². The number of sulfonamides is 1. The highest BCUT2D eigenvalue weighted by atomic mass is 32.2. The van der Waals surface area contributed by atoms with E-state index in [1.807, 2.05) is 31.2 Å². The van der Waals surface area contributed by atoms with Crippen LogP contribution in [0.5, 0.6) is 17.4 Å². The van der Waals surface area contributed by atoms with Crippen LogP contribution >= 0.6 is 0 Å². The summed E-state index contributed by atoms with van der Waals surface area (Å²) in [6, 6.07) is 3.30. The van der Waals surface area contributed by atoms with E-state index in [0.29, 0.717) is 73.5 Å². The molecule has 3 aliphatic heterocycles. The molecule has 1 aromatic carbocycles. The Morgan fingerprint density at radius 3 is 2.52 bits per heavy atom. The van der Waals surface area contributed by atoms with Gasteiger partial charge in [0, 0.05) is 29.3 Å². The van der Waals surface area contributed by atoms with Crippen LogP contribution < -0.4 is 29.6 Å². The predicted molar refractivity (Wildman–Crippen MR) is 210 cm³/mol. The molecule has 5 fully saturated rings. The molecule has 2 unspecified atom stereocenters. The van der Waals surface area contributed by atoms with Crippen molar-refractivity contribution < 1.29 is 46.5 Å². The highest BCUT2D eigenvalue weighted by Gasteiger charge is 2.62. The zero-order chi connectivity index (χ0) is 40.5. The molecule has 4 amide bonds. The lowest BCUT2D eigenvalue weighted by atomic mass is 9.88. The Hall–Kier alpha value is -4.60. The lowest BCUT2D eigenvalue weighted by Gasteiger charge is -2.33. The first-order chi connectivity index (χ1) is 27.8. The van der Waals surface area contributed by atoms with E-state index in [1.165, 1.54) is 4.90 Å². The van der Waals surface area contributed by atoms with Gasteiger partial charge in [-0.25, -0.2) is 18.2 Å². The molecule has 1 aromatic heterocycles. The van der Waals surface area contributed by atoms with Crippen LogP contribution in [0.2, 0.25) is 0 Å². The SMILES string of the molecule is CC1C2CC(OC(=O)N[C@@H]3C(=O)N4C[C@H](Oc5nccc6c7c(ccc56)OCCO7)C[C@H]4C(=O)N[C@]4(C(=O)NS(=O)(=O)C5CC5)C[C@H]4/C=C\CC[C@H](C)C[C@H]3C)CC12. The first kappa shape index (κ1) is 38.9. The third kappa shape index (κ3) is 7.45. The monoisotopic (exact) mass is 819 g/mol. The van der Waals surface area contributed by atoms with E-state index in [-0.39, 0.29) is 43.2 Å². The molecule has 9 rings (SSSR count). The number of rotatable bonds is 7. The van der Waals surface area contributed by atoms with Gasteiger partial charge in [0.05, 0.1) is 11.8 Å². The van der Waals surface area contributed by atoms with Gasteiger partial charge in [0.2, 0.25) is 27.7 Å². The van der Waals surface area contributed by atoms with Crippen molar-refractivity contribution in [2.45, 2.75) is 114 Å². The second kappa shape index (κ2) is 14.9. The number of aromatic nitrogens is 1. The standard InChI is InChI=1S/C42H53N5O10S/c1-22-6-4-5-7-25-20-42(25,40(50)46-58(52,53)28-8-9-28)45-37(48)33-19-27(56-38-30-10-11-34-36(55-15-14-54-34)29(30)12-13-43-38)21-47(33)39(49)35(23(2)16-22)44-41(51)57-26-17-31-24(3)32(31)18-26/h5,7,10-13,22-28,31-33,35H,4,6,8-9,14-21H2,1-3H3,(H,44,51)(H,45,48)(H,46,50)/b7-5-/t22-,23+,24?,25+,26?,27+,31?,32?,33-,35-,42+/m0/s1. The van der Waals surface area contributed by atoms with Gasteiger partial charge in [-0.15, -0.1) is 0 Å². The zero-order valence-corrected chi connectivity index (χ0v) is 34.0. The normalized spacial score (nSPS) is 36.2. The van der Waals surface area contributed by atoms with Gasteiger partial charge in [-0.3, -0.25) is 19.1 Å². The zero-order valence-electron chi connectivity index (χ0n) is 33.2. The van der Waals surface area contributed by atoms with Crippen molar-refractivity contribution in [1.29, 1.82) is 0 Å². The quantitative estimate of drug-likeness (QED) is 0.343. The fourth-order valence-electron chi connectivity index (χ4n) is 10.0. The lowest BCUT2D eigenvalue weighted by molar-refractivity contribution is -0.142. The van der Waals surface area contributed by atoms with Crippen LogP contribution in [0.25, 0.3) is 10.8 Å². The molecule has 0 radical (unpaired) electrons. The van der Waals surface area contributed by atoms with Gasteiger partial charge in [0.25, 0.3) is 5.91 Å². The molecule has 4 saturated carbocycles. The number of hydrogen-bond acceptors (Lipinski definition) is 11. The van der Waals surface area contributed by atoms with Gasteiger partial charge >= 0.3 is 6.09 Å². The first-order valence-electron chi connectivity index (χ1n) is 21.0. The Kier molecular flexibility index (Phi) is 9.99. The van der Waals surface area contributed by atoms with Crippen molar-refractivity contribution in [2.24, 2.45) is 35.5 Å². The fourth-order valence-corrected chi connectivity index (χ4v) is 11.4. The van der Waals surface area contributed by atoms with Crippen molar-refractivity contribution in [3.8, 4) is 17.4 Å². The van der Waals surface area contributed by atoms with Crippen LogP contribution in [-0.4, -0.2) is 97.0 Å². The van der Waals surface area contributed by atoms with Crippen LogP contribution in [-0.2, 0) is 29.1 Å². The van der Waals surface area contributed by atoms with Crippen LogP contribution in [0.3, 0.4) is 0 Å². The third-order valence-electron chi connectivity index (χ3n) is 13.7. The summed E-state index contributed by atoms with van der Waals surface area (Å²) in [6.45, 7) is 7.07. The number of carbonyl (C=O) groups excluding carboxylic acids is 4. The molecule has 4 aliphatic carbocycles. The Balaban J connectivity index is 1.02. The van der Waals surface area contributed by atoms with Crippen molar-refractivity contribution in [3.05, 3.63) is 36.5 Å². The van der Waals surface area contributed by atoms with Crippen LogP contribution in [0, 0.1) is 35.5 Å². The summed E-state index contributed by atoms with van der Waals surface area (Å²) in [7, 11) is -3.90. The number of hydrogen-bond donors (Lipinski definition) is 3. The van der Waals surface area contributed by atoms with E-state index in [4.69, 9.17) is 18.9 Å². The summed E-state index contributed by atoms with van der Waals surface area (Å²) < 4.78 is 52.3. The van der Waals surface area contributed by atoms with E-state index in [2.05, 4.69) is 34.2 Å². The molecular formula is C42H53N5O10S. The largest absolute Gasteiger partial charge is 0.486 e. The molecular weight excluding hydrogens is 767 g/mol. The summed E-state index contributed by atoms with van der Waals surface area (Å²) in [5.74, 6) is 0.807. The number of pyridine rings is 1. The fraction of sp³-hybridized carbons (Fsp3) is 0.643. The van der Waals surface area contributed by atoms with E-state index in [9.17, 15) is 27.6 Å². The average Bonchev–Trinajstić information content (AvgIpc) is 4.15. The maximum Gasteiger partial charge on any atom is 0.408 e. The van der Waals surface area contributed by atoms with Gasteiger partial charge in [-0.2, -0.15) is 0 Å². The molecule has 1 saturated heterocycles. The Morgan fingerprint density at radius 2 is 1.74 bits per heavy atom. The molecule has 2 aromatic rings. The van der Waals surface area contributed by atoms with Crippen molar-refractivity contribution in [1.82, 2.24) is 25.2 Å². The van der Waals surface area contributed by atoms with Gasteiger partial charge in [0.15, 0.2) is 11.5 Å². The molecule has 9 atom stereocenters. The third-order valence-corrected chi connectivity index (χ3v) is 15.5. The van der Waals surface area contributed by atoms with Crippen molar-refractivity contribution >= 4 is 44.6 Å². The van der Waals surface area contributed by atoms with E-state index in [1.54, 1.807) is 12.3 Å². The molecule has 15 nitrogen and oxygen atoms in total. The highest BCUT2D eigenvalue weighted by molar-refractivity contribution is 7.91. The number of nitrogens with one attached hydrogen (secondary N) is 3. The number of benzene rings is 1. The van der Waals surface area contributed by atoms with Gasteiger partial charge in [-0.05, 0) is 99.2 Å². The predicted octanol–water partition coefficient (Wildman–Crippen LogP) is 3.99. The first-order valence-corrected chi connectivity index (χ1v) is 22.5. The molecule has 0 spiro atoms. The van der Waals surface area contributed by atoms with Gasteiger partial charge in [0.1, 0.15) is 43.0 Å². The topological polar surface area (TPSA) is 192 Å². The number of fused-ring (bicyclic) bond motifs is 6. The highest BCUT2D eigenvalue weighted by Crippen LogP contribution is 2.57. The maximum atomic E-state index is 15.0. The van der Waals surface area contributed by atoms with Gasteiger partial charge in [-0.1, -0.05) is 32.9 Å². The minimum atomic E-state index is -3.90. The van der Waals surface area contributed by atoms with E-state index >= 15 is 0 Å². The summed E-state index contributed by atoms with van der Waals surface area (Å²) in [5, 5.41) is 6.62. The Morgan fingerprint density at radius 1 is 0.966 bits per heavy atom. The average molecular weight is 820 g/mol. The summed E-state index contributed by atoms with van der Waals surface area (Å²) in [4.78, 5) is 62.9. The second-order valence-electron chi connectivity index (χ2n) is 17.9. The second-order valence-corrected chi connectivity index (χ2v) is 19.8. The van der Waals surface area contributed by atoms with Gasteiger partial charge < -0.3 is 34.5 Å². The number of allylic oxidation sites excluding steroid dienone is 1. The molecule has 4 heterocycles. The molecule has 7 aliphatic rings. The van der Waals surface area contributed by atoms with E-state index < -0.39 is 68.7 Å². The number of carbonyl (C=O) groups is 4. The minimum absolute atomic E-state index is 0.0164. The minimum Gasteiger partial charge on any atom is -0.486 e. The summed E-state index contributed by atoms with van der Waals surface area (Å²) in [6.07, 6.45) is 8.80. The molecule has 58 heavy (non-hydrogen) atoms. The van der Waals surface area contributed by atoms with Crippen LogP contribution in [0.15, 0.2) is 36.5 Å². The number of alkyl carbamates (subject to hydrolysis) is 1. The lowest BCUT2D eigenvalue weighted by Crippen LogP contribution is -2.59. The molecule has 0 bridgehead atoms. The van der Waals surface area contributed by atoms with Crippen molar-refractivity contribution in [2.75, 3.05) is 19.8 Å². The van der Waals surface area contributed by atoms with Crippen LogP contribution in [0.1, 0.15) is 78.6 Å². The number of nitrogens with zero attached hydrogens (tertiary/aromatic N) is 2. The Bertz CT molecular complexity index is 2130. The van der Waals surface area contributed by atoms with E-state index in [0.717, 1.165) is 24.6 Å². The maximum absolute atomic E-state index is 15.0.